The van der Waals surface area contributed by atoms with Crippen LogP contribution in [-0.2, 0) is 20.1 Å². The van der Waals surface area contributed by atoms with Crippen molar-refractivity contribution in [2.75, 3.05) is 0 Å². The van der Waals surface area contributed by atoms with Crippen molar-refractivity contribution in [3.63, 3.8) is 0 Å². The predicted octanol–water partition coefficient (Wildman–Crippen LogP) is 14.6. The zero-order valence-electron chi connectivity index (χ0n) is 37.5. The van der Waals surface area contributed by atoms with Gasteiger partial charge in [0.1, 0.15) is 16.8 Å². The molecule has 0 spiro atoms. The first-order valence-electron chi connectivity index (χ1n) is 22.0. The van der Waals surface area contributed by atoms with Crippen molar-refractivity contribution in [2.45, 2.75) is 59.2 Å². The Morgan fingerprint density at radius 3 is 2.08 bits per heavy atom. The van der Waals surface area contributed by atoms with E-state index in [1.807, 2.05) is 42.5 Å². The van der Waals surface area contributed by atoms with Gasteiger partial charge in [0.25, 0.3) is 0 Å². The molecule has 6 aromatic carbocycles. The monoisotopic (exact) mass is 1050 g/mol. The Balaban J connectivity index is 0.000000300. The summed E-state index contributed by atoms with van der Waals surface area (Å²) in [6, 6.07) is 53.4. The van der Waals surface area contributed by atoms with Crippen molar-refractivity contribution in [1.29, 1.82) is 0 Å². The van der Waals surface area contributed by atoms with Gasteiger partial charge in [0.05, 0.1) is 41.6 Å². The van der Waals surface area contributed by atoms with Crippen molar-refractivity contribution in [3.8, 4) is 45.2 Å². The van der Waals surface area contributed by atoms with E-state index in [1.54, 1.807) is 18.3 Å². The van der Waals surface area contributed by atoms with Crippen molar-refractivity contribution in [3.05, 3.63) is 169 Å². The van der Waals surface area contributed by atoms with Crippen LogP contribution in [-0.4, -0.2) is 32.7 Å². The topological polar surface area (TPSA) is 90.1 Å². The van der Waals surface area contributed by atoms with Crippen LogP contribution in [0.4, 0.5) is 0 Å². The molecule has 0 aliphatic carbocycles. The van der Waals surface area contributed by atoms with Crippen molar-refractivity contribution >= 4 is 68.4 Å². The number of phenolic OH excluding ortho intramolecular Hbond substituents is 1. The largest absolute Gasteiger partial charge is 0.507 e. The Morgan fingerprint density at radius 2 is 1.35 bits per heavy atom. The van der Waals surface area contributed by atoms with Crippen molar-refractivity contribution < 1.29 is 34.0 Å². The third-order valence-corrected chi connectivity index (χ3v) is 14.2. The molecule has 11 aromatic rings. The van der Waals surface area contributed by atoms with E-state index in [0.29, 0.717) is 27.8 Å². The van der Waals surface area contributed by atoms with E-state index in [1.165, 1.54) is 33.1 Å². The molecule has 0 amide bonds. The average molecular weight is 1050 g/mol. The Kier molecular flexibility index (Phi) is 11.7. The van der Waals surface area contributed by atoms with E-state index in [-0.39, 0.29) is 37.7 Å². The summed E-state index contributed by atoms with van der Waals surface area (Å²) < 4.78 is 14.5. The standard InChI is InChI=1S/C45H42N3OSi.C11H7NO2.Ir/c1-28(2)37-26-32(30-20-22-33(23-21-30)50(5,6)7)27-38(29(3)4)42(37)48-41-19-12-11-18-40(41)46-44(48)36-17-13-16-34-35-24-25-39(31-14-9-8-10-15-31)47-45(35)49-43(34)36;13-7-3-1-4-8-10(7)11-9(14-8)5-2-6-12-11;/h8-16,18-29H,1-7H3;1-6,13H;/q-1;;. The number of furan rings is 2. The molecule has 0 saturated carbocycles. The van der Waals surface area contributed by atoms with E-state index >= 15 is 0 Å². The number of hydrogen-bond acceptors (Lipinski definition) is 6. The van der Waals surface area contributed by atoms with E-state index in [9.17, 15) is 5.11 Å². The number of pyridine rings is 2. The van der Waals surface area contributed by atoms with Gasteiger partial charge < -0.3 is 18.5 Å². The summed E-state index contributed by atoms with van der Waals surface area (Å²) in [6.45, 7) is 16.4. The number of imidazole rings is 1. The molecule has 0 fully saturated rings. The second-order valence-corrected chi connectivity index (χ2v) is 23.2. The van der Waals surface area contributed by atoms with Crippen LogP contribution in [0.1, 0.15) is 50.7 Å². The van der Waals surface area contributed by atoms with Gasteiger partial charge in [-0.3, -0.25) is 9.97 Å². The van der Waals surface area contributed by atoms with Crippen LogP contribution < -0.4 is 5.19 Å². The maximum Gasteiger partial charge on any atom is 0.216 e. The fourth-order valence-electron chi connectivity index (χ4n) is 8.75. The predicted molar refractivity (Wildman–Crippen MR) is 266 cm³/mol. The second kappa shape index (κ2) is 17.4. The summed E-state index contributed by atoms with van der Waals surface area (Å²) in [4.78, 5) is 14.5. The van der Waals surface area contributed by atoms with Crippen molar-refractivity contribution in [2.24, 2.45) is 0 Å². The fraction of sp³-hybridized carbons (Fsp3) is 0.161. The maximum atomic E-state index is 9.66. The molecule has 5 heterocycles. The molecule has 325 valence electrons. The van der Waals surface area contributed by atoms with E-state index < -0.39 is 8.07 Å². The maximum absolute atomic E-state index is 9.66. The van der Waals surface area contributed by atoms with E-state index in [4.69, 9.17) is 18.8 Å². The number of aromatic nitrogens is 4. The number of para-hydroxylation sites is 2. The average Bonchev–Trinajstić information content (AvgIpc) is 4.00. The van der Waals surface area contributed by atoms with Crippen LogP contribution in [0.25, 0.3) is 94.6 Å². The first-order chi connectivity index (χ1) is 30.9. The molecule has 7 nitrogen and oxygen atoms in total. The minimum absolute atomic E-state index is 0. The summed E-state index contributed by atoms with van der Waals surface area (Å²) in [5.41, 5.74) is 14.5. The van der Waals surface area contributed by atoms with Crippen LogP contribution in [0.15, 0.2) is 161 Å². The molecule has 1 N–H and O–H groups in total. The van der Waals surface area contributed by atoms with Gasteiger partial charge in [0.15, 0.2) is 5.58 Å². The van der Waals surface area contributed by atoms with Gasteiger partial charge in [-0.15, -0.1) is 18.2 Å². The Hall–Kier alpha value is -6.64. The quantitative estimate of drug-likeness (QED) is 0.126. The number of fused-ring (bicyclic) bond motifs is 7. The summed E-state index contributed by atoms with van der Waals surface area (Å²) in [7, 11) is -1.40. The summed E-state index contributed by atoms with van der Waals surface area (Å²) in [6.07, 6.45) is 1.68. The number of rotatable bonds is 7. The molecule has 65 heavy (non-hydrogen) atoms. The zero-order valence-corrected chi connectivity index (χ0v) is 40.9. The van der Waals surface area contributed by atoms with Crippen LogP contribution >= 0.6 is 0 Å². The number of hydrogen-bond donors (Lipinski definition) is 1. The Labute approximate surface area is 393 Å². The smallest absolute Gasteiger partial charge is 0.216 e. The van der Waals surface area contributed by atoms with Crippen LogP contribution in [0.3, 0.4) is 0 Å². The van der Waals surface area contributed by atoms with Gasteiger partial charge in [0.2, 0.25) is 5.71 Å². The summed E-state index contributed by atoms with van der Waals surface area (Å²) >= 11 is 0. The first-order valence-corrected chi connectivity index (χ1v) is 25.5. The normalized spacial score (nSPS) is 11.8. The van der Waals surface area contributed by atoms with Crippen molar-refractivity contribution in [1.82, 2.24) is 19.5 Å². The van der Waals surface area contributed by atoms with Gasteiger partial charge in [0, 0.05) is 42.9 Å². The summed E-state index contributed by atoms with van der Waals surface area (Å²) in [5, 5.41) is 13.8. The molecule has 5 aromatic heterocycles. The minimum Gasteiger partial charge on any atom is -0.507 e. The third kappa shape index (κ3) is 7.99. The molecule has 0 aliphatic rings. The van der Waals surface area contributed by atoms with Gasteiger partial charge in [-0.2, -0.15) is 0 Å². The molecule has 11 rings (SSSR count). The number of nitrogens with zero attached hydrogens (tertiary/aromatic N) is 4. The van der Waals surface area contributed by atoms with Gasteiger partial charge in [-0.05, 0) is 94.8 Å². The number of phenols is 1. The van der Waals surface area contributed by atoms with Gasteiger partial charge in [-0.25, -0.2) is 4.98 Å². The molecule has 0 aliphatic heterocycles. The van der Waals surface area contributed by atoms with Crippen LogP contribution in [0, 0.1) is 6.07 Å². The Morgan fingerprint density at radius 1 is 0.646 bits per heavy atom. The SMILES string of the molecule is CC(C)c1cc(-c2ccc([Si](C)(C)C)cc2)cc(C(C)C)c1-n1c(-c2[c-]ccc3c2oc2nc(-c4ccccc4)ccc23)nc2ccccc21.Oc1cccc2oc3cccnc3c12.[Ir]. The fourth-order valence-corrected chi connectivity index (χ4v) is 9.91. The van der Waals surface area contributed by atoms with E-state index in [2.05, 4.69) is 154 Å². The number of benzene rings is 6. The molecule has 0 atom stereocenters. The molecule has 0 unspecified atom stereocenters. The van der Waals surface area contributed by atoms with Gasteiger partial charge >= 0.3 is 0 Å². The number of aromatic hydroxyl groups is 1. The van der Waals surface area contributed by atoms with Crippen LogP contribution in [0.2, 0.25) is 19.6 Å². The minimum atomic E-state index is -1.40. The molecular formula is C56H49IrN4O3Si-. The molecule has 1 radical (unpaired) electrons. The zero-order chi connectivity index (χ0) is 44.3. The van der Waals surface area contributed by atoms with Gasteiger partial charge in [-0.1, -0.05) is 136 Å². The first kappa shape index (κ1) is 43.6. The second-order valence-electron chi connectivity index (χ2n) is 18.1. The van der Waals surface area contributed by atoms with E-state index in [0.717, 1.165) is 50.0 Å². The molecule has 0 bridgehead atoms. The summed E-state index contributed by atoms with van der Waals surface area (Å²) in [5.74, 6) is 1.56. The Bertz CT molecular complexity index is 3480. The van der Waals surface area contributed by atoms with Crippen LogP contribution in [0.5, 0.6) is 5.75 Å². The molecular weight excluding hydrogens is 997 g/mol. The molecule has 0 saturated heterocycles. The third-order valence-electron chi connectivity index (χ3n) is 12.1. The molecule has 9 heteroatoms.